The highest BCUT2D eigenvalue weighted by atomic mass is 32.1. The van der Waals surface area contributed by atoms with Gasteiger partial charge in [0.15, 0.2) is 0 Å². The van der Waals surface area contributed by atoms with Gasteiger partial charge in [-0.1, -0.05) is 13.8 Å². The molecule has 0 aliphatic carbocycles. The summed E-state index contributed by atoms with van der Waals surface area (Å²) in [5.74, 6) is -0.390. The summed E-state index contributed by atoms with van der Waals surface area (Å²) in [4.78, 5) is 11.8. The van der Waals surface area contributed by atoms with Gasteiger partial charge >= 0.3 is 5.97 Å². The number of carboxylic acid groups (broad SMARTS) is 1. The van der Waals surface area contributed by atoms with Gasteiger partial charge in [0.1, 0.15) is 0 Å². The van der Waals surface area contributed by atoms with Gasteiger partial charge in [0, 0.05) is 30.0 Å². The third-order valence-electron chi connectivity index (χ3n) is 2.59. The summed E-state index contributed by atoms with van der Waals surface area (Å²) in [7, 11) is 1.69. The number of thiophene rings is 1. The monoisotopic (exact) mass is 257 g/mol. The first-order valence-electron chi connectivity index (χ1n) is 5.57. The molecule has 0 amide bonds. The zero-order valence-corrected chi connectivity index (χ0v) is 11.2. The zero-order valence-electron chi connectivity index (χ0n) is 10.4. The highest BCUT2D eigenvalue weighted by molar-refractivity contribution is 7.10. The van der Waals surface area contributed by atoms with Crippen molar-refractivity contribution in [3.8, 4) is 0 Å². The number of carboxylic acids is 1. The maximum Gasteiger partial charge on any atom is 0.336 e. The Balaban J connectivity index is 2.50. The molecule has 0 saturated carbocycles. The largest absolute Gasteiger partial charge is 0.478 e. The molecule has 1 heterocycles. The Morgan fingerprint density at radius 3 is 2.76 bits per heavy atom. The summed E-state index contributed by atoms with van der Waals surface area (Å²) in [6.45, 7) is 5.61. The number of hydrogen-bond acceptors (Lipinski definition) is 4. The second kappa shape index (κ2) is 6.74. The molecule has 1 rings (SSSR count). The van der Waals surface area contributed by atoms with E-state index in [2.05, 4.69) is 19.2 Å². The second-order valence-electron chi connectivity index (χ2n) is 4.29. The van der Waals surface area contributed by atoms with Crippen molar-refractivity contribution in [2.75, 3.05) is 13.7 Å². The lowest BCUT2D eigenvalue weighted by atomic mass is 10.1. The molecule has 0 aromatic carbocycles. The number of rotatable bonds is 7. The average molecular weight is 257 g/mol. The van der Waals surface area contributed by atoms with Crippen LogP contribution in [0.4, 0.5) is 0 Å². The standard InChI is InChI=1S/C12H19NO3S/c1-8(2)11(6-16-3)13-5-10-4-9(7-17-10)12(14)15/h4,7-8,11,13H,5-6H2,1-3H3,(H,14,15). The fourth-order valence-corrected chi connectivity index (χ4v) is 2.29. The summed E-state index contributed by atoms with van der Waals surface area (Å²) in [6, 6.07) is 2.00. The van der Waals surface area contributed by atoms with Crippen molar-refractivity contribution < 1.29 is 14.6 Å². The van der Waals surface area contributed by atoms with E-state index in [-0.39, 0.29) is 6.04 Å². The number of ether oxygens (including phenoxy) is 1. The number of aromatic carboxylic acids is 1. The van der Waals surface area contributed by atoms with Gasteiger partial charge in [0.05, 0.1) is 12.2 Å². The highest BCUT2D eigenvalue weighted by Gasteiger charge is 2.13. The summed E-state index contributed by atoms with van der Waals surface area (Å²) in [5.41, 5.74) is 0.361. The first-order valence-corrected chi connectivity index (χ1v) is 6.45. The number of hydrogen-bond donors (Lipinski definition) is 2. The molecule has 17 heavy (non-hydrogen) atoms. The Hall–Kier alpha value is -0.910. The van der Waals surface area contributed by atoms with Gasteiger partial charge in [-0.2, -0.15) is 0 Å². The van der Waals surface area contributed by atoms with Crippen LogP contribution in [0.25, 0.3) is 0 Å². The summed E-state index contributed by atoms with van der Waals surface area (Å²) in [6.07, 6.45) is 0. The van der Waals surface area contributed by atoms with E-state index < -0.39 is 5.97 Å². The molecule has 0 aliphatic rings. The van der Waals surface area contributed by atoms with Crippen LogP contribution in [0.2, 0.25) is 0 Å². The minimum Gasteiger partial charge on any atom is -0.478 e. The Bertz CT molecular complexity index is 362. The maximum absolute atomic E-state index is 10.7. The topological polar surface area (TPSA) is 58.6 Å². The first kappa shape index (κ1) is 14.2. The molecule has 1 atom stereocenters. The third-order valence-corrected chi connectivity index (χ3v) is 3.53. The number of methoxy groups -OCH3 is 1. The second-order valence-corrected chi connectivity index (χ2v) is 5.29. The molecule has 0 aliphatic heterocycles. The van der Waals surface area contributed by atoms with Gasteiger partial charge in [-0.25, -0.2) is 4.79 Å². The van der Waals surface area contributed by atoms with Gasteiger partial charge in [-0.3, -0.25) is 0 Å². The van der Waals surface area contributed by atoms with Gasteiger partial charge in [-0.05, 0) is 12.0 Å². The van der Waals surface area contributed by atoms with Crippen molar-refractivity contribution in [1.82, 2.24) is 5.32 Å². The van der Waals surface area contributed by atoms with Crippen LogP contribution in [-0.4, -0.2) is 30.8 Å². The van der Waals surface area contributed by atoms with E-state index in [1.807, 2.05) is 0 Å². The molecule has 96 valence electrons. The van der Waals surface area contributed by atoms with Gasteiger partial charge in [0.2, 0.25) is 0 Å². The van der Waals surface area contributed by atoms with Crippen LogP contribution in [0.1, 0.15) is 29.1 Å². The van der Waals surface area contributed by atoms with Crippen molar-refractivity contribution in [3.05, 3.63) is 21.9 Å². The molecule has 2 N–H and O–H groups in total. The van der Waals surface area contributed by atoms with Crippen molar-refractivity contribution in [3.63, 3.8) is 0 Å². The normalized spacial score (nSPS) is 12.9. The van der Waals surface area contributed by atoms with Crippen LogP contribution in [0.5, 0.6) is 0 Å². The Kier molecular flexibility index (Phi) is 5.61. The summed E-state index contributed by atoms with van der Waals surface area (Å²) >= 11 is 1.47. The molecular weight excluding hydrogens is 238 g/mol. The smallest absolute Gasteiger partial charge is 0.336 e. The fraction of sp³-hybridized carbons (Fsp3) is 0.583. The maximum atomic E-state index is 10.7. The Labute approximate surface area is 106 Å². The van der Waals surface area contributed by atoms with E-state index in [0.29, 0.717) is 24.6 Å². The zero-order chi connectivity index (χ0) is 12.8. The van der Waals surface area contributed by atoms with Crippen LogP contribution >= 0.6 is 11.3 Å². The fourth-order valence-electron chi connectivity index (χ4n) is 1.48. The number of nitrogens with one attached hydrogen (secondary N) is 1. The van der Waals surface area contributed by atoms with E-state index in [0.717, 1.165) is 4.88 Å². The quantitative estimate of drug-likeness (QED) is 0.786. The number of carbonyl (C=O) groups is 1. The molecular formula is C12H19NO3S. The van der Waals surface area contributed by atoms with E-state index in [4.69, 9.17) is 9.84 Å². The van der Waals surface area contributed by atoms with Crippen LogP contribution in [0.15, 0.2) is 11.4 Å². The first-order chi connectivity index (χ1) is 8.04. The van der Waals surface area contributed by atoms with E-state index in [1.165, 1.54) is 11.3 Å². The molecule has 4 nitrogen and oxygen atoms in total. The lowest BCUT2D eigenvalue weighted by Gasteiger charge is -2.21. The highest BCUT2D eigenvalue weighted by Crippen LogP contribution is 2.15. The lowest BCUT2D eigenvalue weighted by Crippen LogP contribution is -2.37. The van der Waals surface area contributed by atoms with Crippen molar-refractivity contribution in [2.45, 2.75) is 26.4 Å². The van der Waals surface area contributed by atoms with Crippen LogP contribution in [0.3, 0.4) is 0 Å². The predicted octanol–water partition coefficient (Wildman–Crippen LogP) is 2.21. The Morgan fingerprint density at radius 1 is 1.59 bits per heavy atom. The Morgan fingerprint density at radius 2 is 2.29 bits per heavy atom. The molecule has 0 radical (unpaired) electrons. The van der Waals surface area contributed by atoms with Crippen LogP contribution in [-0.2, 0) is 11.3 Å². The SMILES string of the molecule is COCC(NCc1cc(C(=O)O)cs1)C(C)C. The van der Waals surface area contributed by atoms with Gasteiger partial charge in [-0.15, -0.1) is 11.3 Å². The summed E-state index contributed by atoms with van der Waals surface area (Å²) < 4.78 is 5.14. The van der Waals surface area contributed by atoms with E-state index >= 15 is 0 Å². The molecule has 5 heteroatoms. The van der Waals surface area contributed by atoms with Crippen LogP contribution < -0.4 is 5.32 Å². The molecule has 0 saturated heterocycles. The van der Waals surface area contributed by atoms with E-state index in [9.17, 15) is 4.79 Å². The van der Waals surface area contributed by atoms with Crippen molar-refractivity contribution in [1.29, 1.82) is 0 Å². The van der Waals surface area contributed by atoms with Crippen molar-refractivity contribution in [2.24, 2.45) is 5.92 Å². The molecule has 0 spiro atoms. The molecule has 1 unspecified atom stereocenters. The van der Waals surface area contributed by atoms with E-state index in [1.54, 1.807) is 18.6 Å². The lowest BCUT2D eigenvalue weighted by molar-refractivity contribution is 0.0697. The minimum atomic E-state index is -0.871. The predicted molar refractivity (Wildman–Crippen MR) is 68.6 cm³/mol. The van der Waals surface area contributed by atoms with Gasteiger partial charge in [0.25, 0.3) is 0 Å². The minimum absolute atomic E-state index is 0.287. The van der Waals surface area contributed by atoms with Crippen LogP contribution in [0, 0.1) is 5.92 Å². The summed E-state index contributed by atoms with van der Waals surface area (Å²) in [5, 5.41) is 13.9. The molecule has 0 bridgehead atoms. The molecule has 1 aromatic rings. The molecule has 0 fully saturated rings. The van der Waals surface area contributed by atoms with Gasteiger partial charge < -0.3 is 15.2 Å². The average Bonchev–Trinajstić information content (AvgIpc) is 2.72. The third kappa shape index (κ3) is 4.46. The molecule has 1 aromatic heterocycles. The van der Waals surface area contributed by atoms with Crippen molar-refractivity contribution >= 4 is 17.3 Å².